The maximum absolute atomic E-state index is 13.6. The topological polar surface area (TPSA) is 111 Å². The van der Waals surface area contributed by atoms with Crippen molar-refractivity contribution in [3.8, 4) is 23.4 Å². The van der Waals surface area contributed by atoms with Crippen molar-refractivity contribution in [3.63, 3.8) is 0 Å². The van der Waals surface area contributed by atoms with E-state index < -0.39 is 28.9 Å². The van der Waals surface area contributed by atoms with E-state index in [-0.39, 0.29) is 18.1 Å². The highest BCUT2D eigenvalue weighted by Crippen LogP contribution is 2.18. The zero-order valence-electron chi connectivity index (χ0n) is 15.0. The average molecular weight is 412 g/mol. The van der Waals surface area contributed by atoms with Gasteiger partial charge in [0.2, 0.25) is 5.82 Å². The Balaban J connectivity index is 1.50. The van der Waals surface area contributed by atoms with Gasteiger partial charge in [0.15, 0.2) is 17.2 Å². The molecule has 0 atom stereocenters. The predicted octanol–water partition coefficient (Wildman–Crippen LogP) is 2.17. The van der Waals surface area contributed by atoms with E-state index in [1.54, 1.807) is 12.1 Å². The number of benzene rings is 1. The van der Waals surface area contributed by atoms with E-state index in [1.165, 1.54) is 17.0 Å². The number of anilines is 1. The molecule has 0 unspecified atom stereocenters. The molecule has 11 heteroatoms. The molecular formula is C19H11F3N6O2. The second-order valence-electron chi connectivity index (χ2n) is 5.92. The van der Waals surface area contributed by atoms with Crippen LogP contribution in [0, 0.1) is 29.3 Å². The molecule has 0 bridgehead atoms. The van der Waals surface area contributed by atoms with Crippen molar-refractivity contribution < 1.29 is 22.4 Å². The van der Waals surface area contributed by atoms with Crippen LogP contribution in [0.5, 0.6) is 0 Å². The Kier molecular flexibility index (Phi) is 4.81. The van der Waals surface area contributed by atoms with Crippen molar-refractivity contribution in [2.75, 3.05) is 12.3 Å². The summed E-state index contributed by atoms with van der Waals surface area (Å²) in [6.07, 6.45) is 2.96. The summed E-state index contributed by atoms with van der Waals surface area (Å²) in [6, 6.07) is 4.22. The lowest BCUT2D eigenvalue weighted by Crippen LogP contribution is -2.26. The lowest BCUT2D eigenvalue weighted by molar-refractivity contribution is 0.0950. The monoisotopic (exact) mass is 412 g/mol. The number of rotatable bonds is 3. The number of nitrogens with zero attached hydrogens (tertiary/aromatic N) is 4. The molecule has 3 heterocycles. The number of furan rings is 1. The van der Waals surface area contributed by atoms with E-state index in [0.29, 0.717) is 29.4 Å². The summed E-state index contributed by atoms with van der Waals surface area (Å²) in [4.78, 5) is 20.2. The third-order valence-electron chi connectivity index (χ3n) is 3.88. The molecule has 0 aliphatic heterocycles. The number of nitrogen functional groups attached to an aromatic ring is 1. The van der Waals surface area contributed by atoms with Gasteiger partial charge in [-0.25, -0.2) is 27.7 Å². The first kappa shape index (κ1) is 19.0. The fraction of sp³-hybridized carbons (Fsp3) is 0.0526. The number of hydrogen-bond acceptors (Lipinski definition) is 6. The summed E-state index contributed by atoms with van der Waals surface area (Å²) in [6.45, 7) is -0.246. The van der Waals surface area contributed by atoms with Crippen LogP contribution in [0.4, 0.5) is 19.0 Å². The first-order valence-electron chi connectivity index (χ1n) is 8.41. The molecule has 30 heavy (non-hydrogen) atoms. The molecule has 3 N–H and O–H groups in total. The van der Waals surface area contributed by atoms with Crippen LogP contribution < -0.4 is 11.1 Å². The van der Waals surface area contributed by atoms with Crippen LogP contribution >= 0.6 is 0 Å². The van der Waals surface area contributed by atoms with Crippen molar-refractivity contribution in [1.82, 2.24) is 24.9 Å². The summed E-state index contributed by atoms with van der Waals surface area (Å²) in [5.74, 6) is 1.27. The van der Waals surface area contributed by atoms with E-state index in [4.69, 9.17) is 10.2 Å². The third kappa shape index (κ3) is 3.66. The largest absolute Gasteiger partial charge is 0.461 e. The highest BCUT2D eigenvalue weighted by Gasteiger charge is 2.18. The second kappa shape index (κ2) is 7.59. The molecule has 0 aliphatic rings. The summed E-state index contributed by atoms with van der Waals surface area (Å²) in [5.41, 5.74) is 5.52. The zero-order chi connectivity index (χ0) is 21.3. The van der Waals surface area contributed by atoms with E-state index >= 15 is 0 Å². The third-order valence-corrected chi connectivity index (χ3v) is 3.88. The second-order valence-corrected chi connectivity index (χ2v) is 5.92. The fourth-order valence-electron chi connectivity index (χ4n) is 2.59. The molecule has 4 aromatic rings. The Morgan fingerprint density at radius 3 is 2.70 bits per heavy atom. The highest BCUT2D eigenvalue weighted by atomic mass is 19.1. The molecule has 8 nitrogen and oxygen atoms in total. The molecule has 150 valence electrons. The minimum absolute atomic E-state index is 0.0756. The maximum atomic E-state index is 13.6. The number of carbonyl (C=O) groups is 1. The molecular weight excluding hydrogens is 401 g/mol. The van der Waals surface area contributed by atoms with Gasteiger partial charge < -0.3 is 15.5 Å². The van der Waals surface area contributed by atoms with Crippen LogP contribution in [0.1, 0.15) is 16.1 Å². The van der Waals surface area contributed by atoms with Crippen molar-refractivity contribution >= 4 is 17.4 Å². The van der Waals surface area contributed by atoms with Crippen molar-refractivity contribution in [2.45, 2.75) is 0 Å². The lowest BCUT2D eigenvalue weighted by Gasteiger charge is -2.04. The minimum atomic E-state index is -1.31. The minimum Gasteiger partial charge on any atom is -0.461 e. The number of hydrogen-bond donors (Lipinski definition) is 2. The van der Waals surface area contributed by atoms with Gasteiger partial charge in [-0.15, -0.1) is 5.10 Å². The Bertz CT molecular complexity index is 1300. The summed E-state index contributed by atoms with van der Waals surface area (Å²) < 4.78 is 46.8. The van der Waals surface area contributed by atoms with E-state index in [1.807, 2.05) is 0 Å². The molecule has 0 fully saturated rings. The zero-order valence-corrected chi connectivity index (χ0v) is 15.0. The van der Waals surface area contributed by atoms with Gasteiger partial charge >= 0.3 is 0 Å². The molecule has 0 saturated heterocycles. The Labute approximate surface area is 166 Å². The summed E-state index contributed by atoms with van der Waals surface area (Å²) in [5, 5.41) is 6.46. The van der Waals surface area contributed by atoms with Crippen LogP contribution in [0.3, 0.4) is 0 Å². The number of nitrogens with one attached hydrogen (secondary N) is 1. The van der Waals surface area contributed by atoms with Gasteiger partial charge in [0.25, 0.3) is 5.91 Å². The normalized spacial score (nSPS) is 10.6. The average Bonchev–Trinajstić information content (AvgIpc) is 3.34. The highest BCUT2D eigenvalue weighted by molar-refractivity contribution is 5.94. The fourth-order valence-corrected chi connectivity index (χ4v) is 2.59. The molecule has 0 radical (unpaired) electrons. The van der Waals surface area contributed by atoms with Crippen molar-refractivity contribution in [2.24, 2.45) is 0 Å². The summed E-state index contributed by atoms with van der Waals surface area (Å²) in [7, 11) is 0. The van der Waals surface area contributed by atoms with Crippen LogP contribution in [-0.2, 0) is 0 Å². The van der Waals surface area contributed by atoms with E-state index in [9.17, 15) is 18.0 Å². The SMILES string of the molecule is Nc1nc(C#CCNC(=O)c2c(F)cc(F)cc2F)cn2nc(-c3ccco3)nc12. The van der Waals surface area contributed by atoms with E-state index in [2.05, 4.69) is 32.2 Å². The smallest absolute Gasteiger partial charge is 0.258 e. The number of nitrogens with two attached hydrogens (primary N) is 1. The number of halogens is 3. The lowest BCUT2D eigenvalue weighted by atomic mass is 10.2. The molecule has 1 aromatic carbocycles. The van der Waals surface area contributed by atoms with Crippen LogP contribution in [0.25, 0.3) is 17.2 Å². The first-order valence-corrected chi connectivity index (χ1v) is 8.41. The Hall–Kier alpha value is -4.33. The van der Waals surface area contributed by atoms with Gasteiger partial charge in [-0.3, -0.25) is 4.79 Å². The maximum Gasteiger partial charge on any atom is 0.258 e. The number of amides is 1. The Morgan fingerprint density at radius 2 is 2.00 bits per heavy atom. The van der Waals surface area contributed by atoms with Crippen LogP contribution in [-0.4, -0.2) is 32.0 Å². The quantitative estimate of drug-likeness (QED) is 0.499. The van der Waals surface area contributed by atoms with Crippen LogP contribution in [0.2, 0.25) is 0 Å². The summed E-state index contributed by atoms with van der Waals surface area (Å²) >= 11 is 0. The molecule has 3 aromatic heterocycles. The number of fused-ring (bicyclic) bond motifs is 1. The molecule has 1 amide bonds. The molecule has 0 aliphatic carbocycles. The molecule has 0 saturated carbocycles. The van der Waals surface area contributed by atoms with Gasteiger partial charge in [-0.05, 0) is 18.1 Å². The van der Waals surface area contributed by atoms with Gasteiger partial charge in [0.05, 0.1) is 19.0 Å². The van der Waals surface area contributed by atoms with Crippen molar-refractivity contribution in [1.29, 1.82) is 0 Å². The van der Waals surface area contributed by atoms with Gasteiger partial charge in [0.1, 0.15) is 28.7 Å². The Morgan fingerprint density at radius 1 is 1.23 bits per heavy atom. The van der Waals surface area contributed by atoms with Gasteiger partial charge in [-0.2, -0.15) is 0 Å². The standard InChI is InChI=1S/C19H11F3N6O2/c20-10-7-12(21)15(13(22)8-10)19(29)24-5-1-3-11-9-28-18(16(23)25-11)26-17(27-28)14-4-2-6-30-14/h2,4,6-9H,5H2,(H2,23,25)(H,24,29). The van der Waals surface area contributed by atoms with Gasteiger partial charge in [0, 0.05) is 12.1 Å². The first-order chi connectivity index (χ1) is 14.4. The van der Waals surface area contributed by atoms with E-state index in [0.717, 1.165) is 0 Å². The molecule has 4 rings (SSSR count). The van der Waals surface area contributed by atoms with Crippen LogP contribution in [0.15, 0.2) is 41.1 Å². The van der Waals surface area contributed by atoms with Gasteiger partial charge in [-0.1, -0.05) is 5.92 Å². The number of aromatic nitrogens is 4. The molecule has 0 spiro atoms. The predicted molar refractivity (Wildman–Crippen MR) is 98.4 cm³/mol. The van der Waals surface area contributed by atoms with Crippen molar-refractivity contribution in [3.05, 3.63) is 65.4 Å². The number of carbonyl (C=O) groups excluding carboxylic acids is 1.